The summed E-state index contributed by atoms with van der Waals surface area (Å²) in [5.41, 5.74) is 11.7. The van der Waals surface area contributed by atoms with Gasteiger partial charge in [-0.2, -0.15) is 0 Å². The molecule has 5 rings (SSSR count). The van der Waals surface area contributed by atoms with Crippen LogP contribution in [0.25, 0.3) is 11.3 Å². The number of nitrogens with zero attached hydrogens (tertiary/aromatic N) is 2. The molecule has 37 heavy (non-hydrogen) atoms. The molecule has 3 aromatic carbocycles. The van der Waals surface area contributed by atoms with Gasteiger partial charge in [-0.1, -0.05) is 36.4 Å². The largest absolute Gasteiger partial charge is 0.354 e. The molecule has 3 aromatic rings. The zero-order valence-electron chi connectivity index (χ0n) is 20.7. The maximum absolute atomic E-state index is 13.2. The summed E-state index contributed by atoms with van der Waals surface area (Å²) < 4.78 is 0. The molecular formula is C29H31N5O3. The molecule has 8 heteroatoms. The molecule has 0 unspecified atom stereocenters. The third kappa shape index (κ3) is 5.55. The maximum Gasteiger partial charge on any atom is 0.270 e. The van der Waals surface area contributed by atoms with E-state index < -0.39 is 4.92 Å². The highest BCUT2D eigenvalue weighted by Crippen LogP contribution is 2.39. The number of nitro groups is 1. The number of nitrogens with two attached hydrogens (primary N) is 1. The lowest BCUT2D eigenvalue weighted by Crippen LogP contribution is -2.18. The zero-order valence-corrected chi connectivity index (χ0v) is 20.7. The molecule has 1 fully saturated rings. The number of carbonyl (C=O) groups excluding carboxylic acids is 1. The molecule has 190 valence electrons. The Morgan fingerprint density at radius 1 is 1.00 bits per heavy atom. The lowest BCUT2D eigenvalue weighted by atomic mass is 9.98. The molecule has 1 saturated heterocycles. The lowest BCUT2D eigenvalue weighted by Gasteiger charge is -2.17. The van der Waals surface area contributed by atoms with E-state index in [-0.39, 0.29) is 11.6 Å². The molecule has 8 nitrogen and oxygen atoms in total. The standard InChI is InChI=1S/C29H31N5O3/c30-15-3-4-20-5-9-22(10-6-20)28(27-25-18-24(34(36)37)13-14-26(25)32-29(27)35)31-23-11-7-21(8-12-23)19-33-16-1-2-17-33/h5-14,18,31H,1-4,15-17,19,30H2,(H,32,35). The van der Waals surface area contributed by atoms with Crippen LogP contribution in [0.4, 0.5) is 17.1 Å². The normalized spacial score (nSPS) is 16.4. The van der Waals surface area contributed by atoms with Crippen LogP contribution in [0.2, 0.25) is 0 Å². The van der Waals surface area contributed by atoms with Gasteiger partial charge in [-0.05, 0) is 80.2 Å². The number of fused-ring (bicyclic) bond motifs is 1. The first kappa shape index (κ1) is 24.7. The number of benzene rings is 3. The summed E-state index contributed by atoms with van der Waals surface area (Å²) in [5, 5.41) is 17.8. The monoisotopic (exact) mass is 497 g/mol. The summed E-state index contributed by atoms with van der Waals surface area (Å²) in [6.45, 7) is 3.83. The molecule has 0 saturated carbocycles. The number of rotatable bonds is 9. The molecule has 4 N–H and O–H groups in total. The second kappa shape index (κ2) is 10.9. The number of nitro benzene ring substituents is 1. The van der Waals surface area contributed by atoms with Gasteiger partial charge in [0.1, 0.15) is 0 Å². The number of anilines is 2. The van der Waals surface area contributed by atoms with Gasteiger partial charge in [0.25, 0.3) is 11.6 Å². The van der Waals surface area contributed by atoms with Gasteiger partial charge >= 0.3 is 0 Å². The average molecular weight is 498 g/mol. The second-order valence-corrected chi connectivity index (χ2v) is 9.59. The number of nitrogens with one attached hydrogen (secondary N) is 2. The van der Waals surface area contributed by atoms with Crippen LogP contribution in [-0.4, -0.2) is 35.4 Å². The molecular weight excluding hydrogens is 466 g/mol. The smallest absolute Gasteiger partial charge is 0.270 e. The predicted octanol–water partition coefficient (Wildman–Crippen LogP) is 5.01. The van der Waals surface area contributed by atoms with Gasteiger partial charge in [0.15, 0.2) is 0 Å². The topological polar surface area (TPSA) is 114 Å². The van der Waals surface area contributed by atoms with Gasteiger partial charge in [0.05, 0.1) is 16.2 Å². The van der Waals surface area contributed by atoms with Crippen molar-refractivity contribution in [2.24, 2.45) is 5.73 Å². The molecule has 0 bridgehead atoms. The van der Waals surface area contributed by atoms with Crippen molar-refractivity contribution < 1.29 is 9.72 Å². The van der Waals surface area contributed by atoms with E-state index in [9.17, 15) is 14.9 Å². The van der Waals surface area contributed by atoms with E-state index in [0.29, 0.717) is 29.1 Å². The molecule has 0 spiro atoms. The molecule has 2 aliphatic heterocycles. The fourth-order valence-corrected chi connectivity index (χ4v) is 4.98. The van der Waals surface area contributed by atoms with Crippen molar-refractivity contribution >= 4 is 34.2 Å². The van der Waals surface area contributed by atoms with Crippen molar-refractivity contribution in [1.82, 2.24) is 4.90 Å². The Labute approximate surface area is 216 Å². The number of hydrogen-bond acceptors (Lipinski definition) is 6. The molecule has 1 amide bonds. The first-order valence-corrected chi connectivity index (χ1v) is 12.7. The third-order valence-corrected chi connectivity index (χ3v) is 6.95. The fourth-order valence-electron chi connectivity index (χ4n) is 4.98. The molecule has 0 radical (unpaired) electrons. The van der Waals surface area contributed by atoms with Gasteiger partial charge in [0.2, 0.25) is 0 Å². The molecule has 0 atom stereocenters. The van der Waals surface area contributed by atoms with Crippen LogP contribution >= 0.6 is 0 Å². The number of aryl methyl sites for hydroxylation is 1. The first-order chi connectivity index (χ1) is 18.0. The quantitative estimate of drug-likeness (QED) is 0.217. The fraction of sp³-hybridized carbons (Fsp3) is 0.276. The van der Waals surface area contributed by atoms with E-state index in [2.05, 4.69) is 27.7 Å². The zero-order chi connectivity index (χ0) is 25.8. The Hall–Kier alpha value is -4.01. The Kier molecular flexibility index (Phi) is 7.30. The molecule has 0 aliphatic carbocycles. The van der Waals surface area contributed by atoms with Crippen LogP contribution in [0.5, 0.6) is 0 Å². The molecule has 2 heterocycles. The van der Waals surface area contributed by atoms with Gasteiger partial charge in [-0.3, -0.25) is 19.8 Å². The minimum absolute atomic E-state index is 0.0597. The summed E-state index contributed by atoms with van der Waals surface area (Å²) in [5.74, 6) is -0.296. The number of likely N-dealkylation sites (tertiary alicyclic amines) is 1. The van der Waals surface area contributed by atoms with Crippen molar-refractivity contribution in [3.8, 4) is 0 Å². The van der Waals surface area contributed by atoms with Gasteiger partial charge in [-0.15, -0.1) is 0 Å². The highest BCUT2D eigenvalue weighted by Gasteiger charge is 2.30. The Balaban J connectivity index is 1.52. The van der Waals surface area contributed by atoms with Crippen LogP contribution in [0.3, 0.4) is 0 Å². The van der Waals surface area contributed by atoms with Crippen LogP contribution in [0.15, 0.2) is 66.7 Å². The molecule has 0 aromatic heterocycles. The van der Waals surface area contributed by atoms with Crippen LogP contribution in [0.1, 0.15) is 41.5 Å². The summed E-state index contributed by atoms with van der Waals surface area (Å²) in [7, 11) is 0. The van der Waals surface area contributed by atoms with E-state index >= 15 is 0 Å². The SMILES string of the molecule is NCCCc1ccc(C(Nc2ccc(CN3CCCC3)cc2)=C2C(=O)Nc3ccc([N+](=O)[O-])cc32)cc1. The van der Waals surface area contributed by atoms with Crippen molar-refractivity contribution in [2.75, 3.05) is 30.3 Å². The summed E-state index contributed by atoms with van der Waals surface area (Å²) >= 11 is 0. The number of carbonyl (C=O) groups is 1. The summed E-state index contributed by atoms with van der Waals surface area (Å²) in [6, 6.07) is 20.7. The van der Waals surface area contributed by atoms with E-state index in [1.54, 1.807) is 6.07 Å². The Morgan fingerprint density at radius 2 is 1.70 bits per heavy atom. The minimum Gasteiger partial charge on any atom is -0.354 e. The van der Waals surface area contributed by atoms with Crippen LogP contribution < -0.4 is 16.4 Å². The van der Waals surface area contributed by atoms with Gasteiger partial charge in [-0.25, -0.2) is 0 Å². The second-order valence-electron chi connectivity index (χ2n) is 9.59. The predicted molar refractivity (Wildman–Crippen MR) is 147 cm³/mol. The van der Waals surface area contributed by atoms with E-state index in [1.165, 1.54) is 30.5 Å². The summed E-state index contributed by atoms with van der Waals surface area (Å²) in [4.78, 5) is 26.6. The van der Waals surface area contributed by atoms with Crippen molar-refractivity contribution in [3.05, 3.63) is 99.1 Å². The van der Waals surface area contributed by atoms with Gasteiger partial charge in [0, 0.05) is 35.6 Å². The number of amides is 1. The Bertz CT molecular complexity index is 1330. The van der Waals surface area contributed by atoms with E-state index in [1.807, 2.05) is 36.4 Å². The van der Waals surface area contributed by atoms with Crippen molar-refractivity contribution in [1.29, 1.82) is 0 Å². The van der Waals surface area contributed by atoms with Crippen molar-refractivity contribution in [3.63, 3.8) is 0 Å². The van der Waals surface area contributed by atoms with Crippen LogP contribution in [-0.2, 0) is 17.8 Å². The highest BCUT2D eigenvalue weighted by molar-refractivity contribution is 6.37. The average Bonchev–Trinajstić information content (AvgIpc) is 3.54. The highest BCUT2D eigenvalue weighted by atomic mass is 16.6. The van der Waals surface area contributed by atoms with Gasteiger partial charge < -0.3 is 16.4 Å². The minimum atomic E-state index is -0.445. The third-order valence-electron chi connectivity index (χ3n) is 6.95. The molecule has 2 aliphatic rings. The Morgan fingerprint density at radius 3 is 2.38 bits per heavy atom. The number of hydrogen-bond donors (Lipinski definition) is 3. The van der Waals surface area contributed by atoms with E-state index in [4.69, 9.17) is 5.73 Å². The number of non-ortho nitro benzene ring substituents is 1. The summed E-state index contributed by atoms with van der Waals surface area (Å²) in [6.07, 6.45) is 4.28. The first-order valence-electron chi connectivity index (χ1n) is 12.7. The maximum atomic E-state index is 13.2. The van der Waals surface area contributed by atoms with E-state index in [0.717, 1.165) is 49.3 Å². The van der Waals surface area contributed by atoms with Crippen molar-refractivity contribution in [2.45, 2.75) is 32.2 Å². The van der Waals surface area contributed by atoms with Crippen LogP contribution in [0, 0.1) is 10.1 Å². The lowest BCUT2D eigenvalue weighted by molar-refractivity contribution is -0.384.